The molecule has 0 radical (unpaired) electrons. The van der Waals surface area contributed by atoms with E-state index < -0.39 is 47.0 Å². The van der Waals surface area contributed by atoms with Gasteiger partial charge in [0, 0.05) is 23.9 Å². The smallest absolute Gasteiger partial charge is 0.453 e. The van der Waals surface area contributed by atoms with Gasteiger partial charge < -0.3 is 5.11 Å². The van der Waals surface area contributed by atoms with Gasteiger partial charge in [0.2, 0.25) is 10.0 Å². The Morgan fingerprint density at radius 2 is 1.56 bits per heavy atom. The van der Waals surface area contributed by atoms with Crippen molar-refractivity contribution in [3.63, 3.8) is 0 Å². The molecule has 0 aliphatic heterocycles. The van der Waals surface area contributed by atoms with Crippen LogP contribution in [0.2, 0.25) is 5.02 Å². The summed E-state index contributed by atoms with van der Waals surface area (Å²) in [5.74, 6) is -5.83. The average molecular weight is 528 g/mol. The van der Waals surface area contributed by atoms with E-state index in [0.29, 0.717) is 23.4 Å². The number of carboxylic acid groups (broad SMARTS) is 1. The number of hydrogen-bond acceptors (Lipinski definition) is 3. The molecule has 2 aromatic carbocycles. The van der Waals surface area contributed by atoms with Gasteiger partial charge in [-0.3, -0.25) is 4.79 Å². The van der Waals surface area contributed by atoms with E-state index in [1.807, 2.05) is 0 Å². The van der Waals surface area contributed by atoms with E-state index in [0.717, 1.165) is 5.56 Å². The largest absolute Gasteiger partial charge is 0.481 e. The molecule has 34 heavy (non-hydrogen) atoms. The maximum atomic E-state index is 13.3. The van der Waals surface area contributed by atoms with E-state index in [4.69, 9.17) is 16.7 Å². The average Bonchev–Trinajstić information content (AvgIpc) is 2.72. The molecule has 188 valence electrons. The number of halogens is 6. The summed E-state index contributed by atoms with van der Waals surface area (Å²) in [6, 6.07) is 10.4. The summed E-state index contributed by atoms with van der Waals surface area (Å²) in [5, 5.41) is 9.01. The zero-order valence-corrected chi connectivity index (χ0v) is 19.4. The highest BCUT2D eigenvalue weighted by atomic mass is 35.5. The van der Waals surface area contributed by atoms with Crippen LogP contribution < -0.4 is 4.72 Å². The van der Waals surface area contributed by atoms with E-state index in [-0.39, 0.29) is 17.7 Å². The molecule has 0 saturated heterocycles. The number of carbonyl (C=O) groups is 1. The normalized spacial score (nSPS) is 13.6. The summed E-state index contributed by atoms with van der Waals surface area (Å²) in [5.41, 5.74) is 1.14. The van der Waals surface area contributed by atoms with Crippen LogP contribution in [-0.4, -0.2) is 31.6 Å². The first-order valence-electron chi connectivity index (χ1n) is 10.2. The molecule has 0 heterocycles. The molecule has 0 aliphatic carbocycles. The van der Waals surface area contributed by atoms with Gasteiger partial charge in [-0.25, -0.2) is 13.1 Å². The Hall–Kier alpha value is -2.24. The summed E-state index contributed by atoms with van der Waals surface area (Å²) in [6.45, 7) is 0. The maximum absolute atomic E-state index is 13.3. The van der Waals surface area contributed by atoms with Crippen LogP contribution in [0.4, 0.5) is 22.0 Å². The molecule has 0 spiro atoms. The lowest BCUT2D eigenvalue weighted by Crippen LogP contribution is -2.36. The number of nitrogens with one attached hydrogen (secondary N) is 1. The lowest BCUT2D eigenvalue weighted by Gasteiger charge is -2.23. The van der Waals surface area contributed by atoms with Gasteiger partial charge in [-0.05, 0) is 61.1 Å². The highest BCUT2D eigenvalue weighted by Crippen LogP contribution is 2.40. The summed E-state index contributed by atoms with van der Waals surface area (Å²) in [6.07, 6.45) is -7.28. The Morgan fingerprint density at radius 1 is 0.971 bits per heavy atom. The second kappa shape index (κ2) is 11.5. The standard InChI is InChI=1S/C22H23ClF5NO4S/c23-17-10-12-18(13-11-17)34(32,33)29-19(4-2-14-21(24,25)22(26,27)28)16-8-6-15(7-9-16)3-1-5-20(30)31/h6-13,19,29H,1-5,14H2,(H,30,31). The number of rotatable bonds is 12. The minimum Gasteiger partial charge on any atom is -0.481 e. The Morgan fingerprint density at radius 3 is 2.09 bits per heavy atom. The van der Waals surface area contributed by atoms with Crippen molar-refractivity contribution >= 4 is 27.6 Å². The van der Waals surface area contributed by atoms with Crippen LogP contribution in [0.25, 0.3) is 0 Å². The fraction of sp³-hybridized carbons (Fsp3) is 0.409. The predicted octanol–water partition coefficient (Wildman–Crippen LogP) is 6.13. The van der Waals surface area contributed by atoms with Crippen LogP contribution in [0.1, 0.15) is 49.3 Å². The molecule has 0 aliphatic rings. The van der Waals surface area contributed by atoms with Crippen molar-refractivity contribution in [3.8, 4) is 0 Å². The molecule has 0 saturated carbocycles. The molecule has 2 rings (SSSR count). The molecule has 2 N–H and O–H groups in total. The van der Waals surface area contributed by atoms with E-state index in [9.17, 15) is 35.2 Å². The summed E-state index contributed by atoms with van der Waals surface area (Å²) in [4.78, 5) is 10.5. The van der Waals surface area contributed by atoms with Gasteiger partial charge in [0.1, 0.15) is 0 Å². The van der Waals surface area contributed by atoms with E-state index >= 15 is 0 Å². The van der Waals surface area contributed by atoms with Crippen molar-refractivity contribution in [1.29, 1.82) is 0 Å². The third-order valence-corrected chi connectivity index (χ3v) is 6.80. The number of alkyl halides is 5. The Bertz CT molecular complexity index is 1060. The Kier molecular flexibility index (Phi) is 9.44. The maximum Gasteiger partial charge on any atom is 0.453 e. The monoisotopic (exact) mass is 527 g/mol. The summed E-state index contributed by atoms with van der Waals surface area (Å²) < 4.78 is 92.1. The highest BCUT2D eigenvalue weighted by molar-refractivity contribution is 7.89. The topological polar surface area (TPSA) is 83.5 Å². The van der Waals surface area contributed by atoms with Crippen molar-refractivity contribution in [2.45, 2.75) is 61.6 Å². The number of hydrogen-bond donors (Lipinski definition) is 2. The number of sulfonamides is 1. The van der Waals surface area contributed by atoms with Gasteiger partial charge in [-0.1, -0.05) is 35.9 Å². The number of aryl methyl sites for hydroxylation is 1. The van der Waals surface area contributed by atoms with Crippen molar-refractivity contribution in [2.24, 2.45) is 0 Å². The minimum atomic E-state index is -5.69. The van der Waals surface area contributed by atoms with Gasteiger partial charge in [0.15, 0.2) is 0 Å². The quantitative estimate of drug-likeness (QED) is 0.325. The van der Waals surface area contributed by atoms with Crippen molar-refractivity contribution in [1.82, 2.24) is 4.72 Å². The van der Waals surface area contributed by atoms with Crippen molar-refractivity contribution in [3.05, 3.63) is 64.7 Å². The molecule has 2 aromatic rings. The van der Waals surface area contributed by atoms with Gasteiger partial charge >= 0.3 is 18.1 Å². The van der Waals surface area contributed by atoms with Crippen molar-refractivity contribution < 1.29 is 40.3 Å². The molecule has 0 fully saturated rings. The third kappa shape index (κ3) is 8.21. The lowest BCUT2D eigenvalue weighted by atomic mass is 9.98. The molecule has 1 unspecified atom stereocenters. The Balaban J connectivity index is 2.21. The number of aliphatic carboxylic acids is 1. The van der Waals surface area contributed by atoms with Crippen LogP contribution in [-0.2, 0) is 21.2 Å². The molecule has 0 aromatic heterocycles. The van der Waals surface area contributed by atoms with E-state index in [1.165, 1.54) is 36.4 Å². The number of carboxylic acids is 1. The molecule has 12 heteroatoms. The Labute approximate surface area is 199 Å². The molecule has 5 nitrogen and oxygen atoms in total. The summed E-state index contributed by atoms with van der Waals surface area (Å²) >= 11 is 5.77. The molecule has 0 amide bonds. The molecule has 0 bridgehead atoms. The first kappa shape index (κ1) is 28.0. The SMILES string of the molecule is O=C(O)CCCc1ccc(C(CCCC(F)(F)C(F)(F)F)NS(=O)(=O)c2ccc(Cl)cc2)cc1. The van der Waals surface area contributed by atoms with Gasteiger partial charge in [0.05, 0.1) is 4.90 Å². The second-order valence-corrected chi connectivity index (χ2v) is 9.86. The second-order valence-electron chi connectivity index (χ2n) is 7.71. The van der Waals surface area contributed by atoms with E-state index in [2.05, 4.69) is 4.72 Å². The number of benzene rings is 2. The highest BCUT2D eigenvalue weighted by Gasteiger charge is 2.56. The third-order valence-electron chi connectivity index (χ3n) is 5.06. The zero-order chi connectivity index (χ0) is 25.6. The fourth-order valence-corrected chi connectivity index (χ4v) is 4.58. The lowest BCUT2D eigenvalue weighted by molar-refractivity contribution is -0.284. The van der Waals surface area contributed by atoms with Crippen LogP contribution in [0, 0.1) is 0 Å². The van der Waals surface area contributed by atoms with Crippen LogP contribution in [0.3, 0.4) is 0 Å². The predicted molar refractivity (Wildman–Crippen MR) is 116 cm³/mol. The van der Waals surface area contributed by atoms with E-state index in [1.54, 1.807) is 12.1 Å². The molecule has 1 atom stereocenters. The van der Waals surface area contributed by atoms with Gasteiger partial charge in [-0.2, -0.15) is 22.0 Å². The summed E-state index contributed by atoms with van der Waals surface area (Å²) in [7, 11) is -4.14. The van der Waals surface area contributed by atoms with Gasteiger partial charge in [0.25, 0.3) is 0 Å². The van der Waals surface area contributed by atoms with Crippen LogP contribution in [0.15, 0.2) is 53.4 Å². The molecular formula is C22H23ClF5NO4S. The van der Waals surface area contributed by atoms with Gasteiger partial charge in [-0.15, -0.1) is 0 Å². The first-order chi connectivity index (χ1) is 15.7. The first-order valence-corrected chi connectivity index (χ1v) is 12.1. The molecular weight excluding hydrogens is 505 g/mol. The zero-order valence-electron chi connectivity index (χ0n) is 17.8. The van der Waals surface area contributed by atoms with Crippen LogP contribution >= 0.6 is 11.6 Å². The van der Waals surface area contributed by atoms with Crippen LogP contribution in [0.5, 0.6) is 0 Å². The van der Waals surface area contributed by atoms with Crippen molar-refractivity contribution in [2.75, 3.05) is 0 Å². The fourth-order valence-electron chi connectivity index (χ4n) is 3.19. The minimum absolute atomic E-state index is 0.0291.